The second-order valence-corrected chi connectivity index (χ2v) is 5.99. The molecule has 0 saturated carbocycles. The number of carbonyl (C=O) groups excluding carboxylic acids is 2. The molecular weight excluding hydrogens is 336 g/mol. The number of rotatable bonds is 4. The van der Waals surface area contributed by atoms with Crippen LogP contribution < -0.4 is 10.2 Å². The summed E-state index contributed by atoms with van der Waals surface area (Å²) in [6.45, 7) is 6.54. The van der Waals surface area contributed by atoms with E-state index in [9.17, 15) is 9.59 Å². The number of aromatic nitrogens is 1. The number of esters is 1. The molecule has 8 nitrogen and oxygen atoms in total. The molecule has 1 saturated heterocycles. The van der Waals surface area contributed by atoms with Gasteiger partial charge in [-0.15, -0.1) is 0 Å². The van der Waals surface area contributed by atoms with E-state index in [4.69, 9.17) is 9.26 Å². The first-order valence-corrected chi connectivity index (χ1v) is 8.58. The van der Waals surface area contributed by atoms with Crippen molar-refractivity contribution in [1.82, 2.24) is 10.1 Å². The summed E-state index contributed by atoms with van der Waals surface area (Å²) in [6, 6.07) is 8.83. The lowest BCUT2D eigenvalue weighted by Crippen LogP contribution is -2.50. The molecule has 2 aromatic rings. The zero-order valence-electron chi connectivity index (χ0n) is 14.9. The summed E-state index contributed by atoms with van der Waals surface area (Å²) >= 11 is 0. The van der Waals surface area contributed by atoms with Crippen LogP contribution in [0, 0.1) is 6.92 Å². The van der Waals surface area contributed by atoms with Gasteiger partial charge in [0.15, 0.2) is 5.82 Å². The lowest BCUT2D eigenvalue weighted by Gasteiger charge is -2.35. The predicted molar refractivity (Wildman–Crippen MR) is 96.4 cm³/mol. The number of carbonyl (C=O) groups is 2. The van der Waals surface area contributed by atoms with Crippen molar-refractivity contribution in [2.75, 3.05) is 43.0 Å². The van der Waals surface area contributed by atoms with Gasteiger partial charge in [0.25, 0.3) is 0 Å². The van der Waals surface area contributed by atoms with Crippen LogP contribution in [0.4, 0.5) is 16.3 Å². The number of urea groups is 1. The highest BCUT2D eigenvalue weighted by atomic mass is 16.5. The fourth-order valence-corrected chi connectivity index (χ4v) is 2.80. The zero-order chi connectivity index (χ0) is 18.5. The van der Waals surface area contributed by atoms with Crippen molar-refractivity contribution in [3.63, 3.8) is 0 Å². The van der Waals surface area contributed by atoms with Gasteiger partial charge >= 0.3 is 12.0 Å². The van der Waals surface area contributed by atoms with Crippen LogP contribution in [-0.2, 0) is 4.74 Å². The van der Waals surface area contributed by atoms with Gasteiger partial charge in [0.2, 0.25) is 0 Å². The van der Waals surface area contributed by atoms with E-state index in [1.54, 1.807) is 36.9 Å². The second-order valence-electron chi connectivity index (χ2n) is 5.99. The smallest absolute Gasteiger partial charge is 0.338 e. The normalized spacial score (nSPS) is 14.2. The molecule has 1 N–H and O–H groups in total. The number of piperazine rings is 1. The van der Waals surface area contributed by atoms with Gasteiger partial charge in [0.05, 0.1) is 12.2 Å². The van der Waals surface area contributed by atoms with Gasteiger partial charge in [0, 0.05) is 37.9 Å². The molecule has 1 aliphatic heterocycles. The van der Waals surface area contributed by atoms with Crippen molar-refractivity contribution < 1.29 is 18.8 Å². The van der Waals surface area contributed by atoms with Crippen molar-refractivity contribution in [1.29, 1.82) is 0 Å². The Kier molecular flexibility index (Phi) is 5.40. The van der Waals surface area contributed by atoms with Gasteiger partial charge < -0.3 is 19.1 Å². The summed E-state index contributed by atoms with van der Waals surface area (Å²) in [4.78, 5) is 27.9. The van der Waals surface area contributed by atoms with Crippen LogP contribution in [-0.4, -0.2) is 54.8 Å². The van der Waals surface area contributed by atoms with Crippen LogP contribution in [0.2, 0.25) is 0 Å². The number of benzene rings is 1. The average Bonchev–Trinajstić information content (AvgIpc) is 3.07. The van der Waals surface area contributed by atoms with Gasteiger partial charge in [-0.3, -0.25) is 5.32 Å². The van der Waals surface area contributed by atoms with E-state index in [1.807, 2.05) is 12.1 Å². The molecule has 0 radical (unpaired) electrons. The molecule has 26 heavy (non-hydrogen) atoms. The third-order valence-corrected chi connectivity index (χ3v) is 4.17. The fourth-order valence-electron chi connectivity index (χ4n) is 2.80. The molecule has 1 aromatic heterocycles. The Balaban J connectivity index is 1.53. The topological polar surface area (TPSA) is 87.9 Å². The number of amides is 2. The summed E-state index contributed by atoms with van der Waals surface area (Å²) in [5.41, 5.74) is 1.56. The van der Waals surface area contributed by atoms with Crippen LogP contribution in [0.25, 0.3) is 0 Å². The van der Waals surface area contributed by atoms with Gasteiger partial charge in [-0.25, -0.2) is 9.59 Å². The minimum absolute atomic E-state index is 0.185. The molecular formula is C18H22N4O4. The van der Waals surface area contributed by atoms with Gasteiger partial charge in [-0.05, 0) is 38.1 Å². The lowest BCUT2D eigenvalue weighted by molar-refractivity contribution is 0.0526. The Bertz CT molecular complexity index is 764. The van der Waals surface area contributed by atoms with Crippen LogP contribution in [0.3, 0.4) is 0 Å². The number of hydrogen-bond donors (Lipinski definition) is 1. The van der Waals surface area contributed by atoms with E-state index in [0.29, 0.717) is 49.9 Å². The Morgan fingerprint density at radius 2 is 1.88 bits per heavy atom. The number of nitrogens with zero attached hydrogens (tertiary/aromatic N) is 3. The van der Waals surface area contributed by atoms with Crippen LogP contribution in [0.1, 0.15) is 23.0 Å². The maximum Gasteiger partial charge on any atom is 0.338 e. The zero-order valence-corrected chi connectivity index (χ0v) is 14.9. The molecule has 1 aromatic carbocycles. The Hall–Kier alpha value is -3.03. The highest BCUT2D eigenvalue weighted by Crippen LogP contribution is 2.18. The van der Waals surface area contributed by atoms with E-state index in [1.165, 1.54) is 0 Å². The Labute approximate surface area is 151 Å². The van der Waals surface area contributed by atoms with Gasteiger partial charge in [-0.1, -0.05) is 5.16 Å². The molecule has 2 amide bonds. The van der Waals surface area contributed by atoms with Crippen LogP contribution in [0.15, 0.2) is 34.9 Å². The van der Waals surface area contributed by atoms with Gasteiger partial charge in [-0.2, -0.15) is 0 Å². The first-order valence-electron chi connectivity index (χ1n) is 8.58. The Morgan fingerprint density at radius 3 is 2.46 bits per heavy atom. The first kappa shape index (κ1) is 17.8. The minimum atomic E-state index is -0.316. The quantitative estimate of drug-likeness (QED) is 0.845. The maximum absolute atomic E-state index is 12.3. The number of ether oxygens (including phenoxy) is 1. The molecule has 2 heterocycles. The SMILES string of the molecule is CCOC(=O)c1ccc(N2CCN(C(=O)Nc3cc(C)on3)CC2)cc1. The number of hydrogen-bond acceptors (Lipinski definition) is 6. The summed E-state index contributed by atoms with van der Waals surface area (Å²) < 4.78 is 9.93. The summed E-state index contributed by atoms with van der Waals surface area (Å²) in [5.74, 6) is 0.754. The van der Waals surface area contributed by atoms with Crippen LogP contribution in [0.5, 0.6) is 0 Å². The largest absolute Gasteiger partial charge is 0.462 e. The van der Waals surface area contributed by atoms with Gasteiger partial charge in [0.1, 0.15) is 5.76 Å². The molecule has 8 heteroatoms. The van der Waals surface area contributed by atoms with Crippen molar-refractivity contribution >= 4 is 23.5 Å². The standard InChI is InChI=1S/C18H22N4O4/c1-3-25-17(23)14-4-6-15(7-5-14)21-8-10-22(11-9-21)18(24)19-16-12-13(2)26-20-16/h4-7,12H,3,8-11H2,1-2H3,(H,19,20,24). The maximum atomic E-state index is 12.3. The molecule has 0 bridgehead atoms. The number of nitrogens with one attached hydrogen (secondary N) is 1. The second kappa shape index (κ2) is 7.90. The van der Waals surface area contributed by atoms with Crippen molar-refractivity contribution in [2.24, 2.45) is 0 Å². The average molecular weight is 358 g/mol. The third kappa shape index (κ3) is 4.14. The molecule has 0 unspecified atom stereocenters. The highest BCUT2D eigenvalue weighted by Gasteiger charge is 2.22. The van der Waals surface area contributed by atoms with E-state index in [-0.39, 0.29) is 12.0 Å². The molecule has 1 fully saturated rings. The highest BCUT2D eigenvalue weighted by molar-refractivity contribution is 5.90. The lowest BCUT2D eigenvalue weighted by atomic mass is 10.2. The van der Waals surface area contributed by atoms with E-state index in [2.05, 4.69) is 15.4 Å². The fraction of sp³-hybridized carbons (Fsp3) is 0.389. The van der Waals surface area contributed by atoms with Crippen molar-refractivity contribution in [3.05, 3.63) is 41.7 Å². The number of anilines is 2. The van der Waals surface area contributed by atoms with Crippen molar-refractivity contribution in [3.8, 4) is 0 Å². The molecule has 3 rings (SSSR count). The summed E-state index contributed by atoms with van der Waals surface area (Å²) in [5, 5.41) is 6.50. The predicted octanol–water partition coefficient (Wildman–Crippen LogP) is 2.51. The Morgan fingerprint density at radius 1 is 1.19 bits per heavy atom. The monoisotopic (exact) mass is 358 g/mol. The summed E-state index contributed by atoms with van der Waals surface area (Å²) in [7, 11) is 0. The van der Waals surface area contributed by atoms with Crippen molar-refractivity contribution in [2.45, 2.75) is 13.8 Å². The molecule has 0 spiro atoms. The first-order chi connectivity index (χ1) is 12.6. The van der Waals surface area contributed by atoms with E-state index >= 15 is 0 Å². The van der Waals surface area contributed by atoms with E-state index in [0.717, 1.165) is 5.69 Å². The van der Waals surface area contributed by atoms with Crippen LogP contribution >= 0.6 is 0 Å². The molecule has 0 atom stereocenters. The molecule has 0 aliphatic carbocycles. The minimum Gasteiger partial charge on any atom is -0.462 e. The third-order valence-electron chi connectivity index (χ3n) is 4.17. The van der Waals surface area contributed by atoms with E-state index < -0.39 is 0 Å². The molecule has 1 aliphatic rings. The summed E-state index contributed by atoms with van der Waals surface area (Å²) in [6.07, 6.45) is 0. The molecule has 138 valence electrons. The number of aryl methyl sites for hydroxylation is 1.